The lowest BCUT2D eigenvalue weighted by atomic mass is 10.1. The molecule has 0 fully saturated rings. The molecule has 6 heteroatoms. The minimum absolute atomic E-state index is 0.0987. The van der Waals surface area contributed by atoms with Gasteiger partial charge in [0.25, 0.3) is 0 Å². The molecule has 1 atom stereocenters. The van der Waals surface area contributed by atoms with Crippen LogP contribution in [-0.2, 0) is 28.6 Å². The molecule has 83 heavy (non-hydrogen) atoms. The third kappa shape index (κ3) is 66.2. The van der Waals surface area contributed by atoms with Crippen molar-refractivity contribution in [3.05, 3.63) is 231 Å². The molecule has 456 valence electrons. The number of rotatable bonds is 54. The van der Waals surface area contributed by atoms with E-state index in [1.807, 2.05) is 6.08 Å². The largest absolute Gasteiger partial charge is 0.462 e. The van der Waals surface area contributed by atoms with Gasteiger partial charge in [-0.15, -0.1) is 0 Å². The maximum atomic E-state index is 12.9. The molecule has 0 bridgehead atoms. The molecule has 0 aromatic heterocycles. The normalized spacial score (nSPS) is 13.7. The van der Waals surface area contributed by atoms with E-state index in [2.05, 4.69) is 240 Å². The van der Waals surface area contributed by atoms with Crippen LogP contribution in [0.5, 0.6) is 0 Å². The Morgan fingerprint density at radius 3 is 0.759 bits per heavy atom. The number of hydrogen-bond acceptors (Lipinski definition) is 6. The molecule has 0 aromatic carbocycles. The summed E-state index contributed by atoms with van der Waals surface area (Å²) in [6.45, 7) is 6.12. The van der Waals surface area contributed by atoms with Gasteiger partial charge in [0.2, 0.25) is 0 Å². The van der Waals surface area contributed by atoms with E-state index in [1.54, 1.807) is 6.08 Å². The minimum Gasteiger partial charge on any atom is -0.462 e. The van der Waals surface area contributed by atoms with Gasteiger partial charge in [0.15, 0.2) is 6.10 Å². The molecule has 0 spiro atoms. The Bertz CT molecular complexity index is 2130. The molecule has 0 rings (SSSR count). The molecular formula is C77H112O6. The molecule has 0 radical (unpaired) electrons. The lowest BCUT2D eigenvalue weighted by Gasteiger charge is -2.18. The van der Waals surface area contributed by atoms with Gasteiger partial charge in [-0.2, -0.15) is 0 Å². The molecule has 0 N–H and O–H groups in total. The standard InChI is InChI=1S/C77H112O6/c1-4-7-10-13-16-19-22-25-28-30-32-34-36-38-40-42-44-46-49-52-55-58-61-64-67-70-76(79)82-73-74(72-81-75(78)69-66-63-60-57-54-51-48-27-24-21-18-15-12-9-6-3)83-77(80)71-68-65-62-59-56-53-50-47-45-43-41-39-37-35-33-31-29-26-23-20-17-14-11-8-5-2/h7-12,16-21,25-29,32-35,38-41,44-48,52-57,63,66,74H,4-6,13-15,22-24,30-31,36-37,42-43,49-51,58-62,64-65,67-73H2,1-3H3/b10-7-,11-8-,12-9-,19-16-,20-17-,21-18-,28-25-,29-26-,34-32-,35-33-,40-38-,41-39-,46-44-,47-45-,48-27-,55-52-,56-53-,57-54-,66-63-. The van der Waals surface area contributed by atoms with E-state index in [0.29, 0.717) is 19.3 Å². The van der Waals surface area contributed by atoms with Gasteiger partial charge in [0, 0.05) is 12.8 Å². The first-order chi connectivity index (χ1) is 41.0. The molecule has 0 aliphatic carbocycles. The van der Waals surface area contributed by atoms with E-state index in [1.165, 1.54) is 0 Å². The van der Waals surface area contributed by atoms with Crippen molar-refractivity contribution in [3.8, 4) is 0 Å². The summed E-state index contributed by atoms with van der Waals surface area (Å²) in [6, 6.07) is 0. The van der Waals surface area contributed by atoms with E-state index >= 15 is 0 Å². The van der Waals surface area contributed by atoms with Crippen LogP contribution < -0.4 is 0 Å². The Kier molecular flexibility index (Phi) is 62.6. The fourth-order valence-corrected chi connectivity index (χ4v) is 7.53. The van der Waals surface area contributed by atoms with Crippen LogP contribution in [0.2, 0.25) is 0 Å². The molecule has 6 nitrogen and oxygen atoms in total. The summed E-state index contributed by atoms with van der Waals surface area (Å²) in [5.41, 5.74) is 0. The predicted octanol–water partition coefficient (Wildman–Crippen LogP) is 22.3. The Morgan fingerprint density at radius 1 is 0.253 bits per heavy atom. The third-order valence-electron chi connectivity index (χ3n) is 12.2. The number of hydrogen-bond donors (Lipinski definition) is 0. The number of ether oxygens (including phenoxy) is 3. The molecule has 0 aliphatic rings. The van der Waals surface area contributed by atoms with E-state index < -0.39 is 12.1 Å². The van der Waals surface area contributed by atoms with E-state index in [0.717, 1.165) is 154 Å². The van der Waals surface area contributed by atoms with Crippen LogP contribution in [0.1, 0.15) is 213 Å². The minimum atomic E-state index is -0.869. The molecule has 0 saturated heterocycles. The fraction of sp³-hybridized carbons (Fsp3) is 0.468. The van der Waals surface area contributed by atoms with Gasteiger partial charge in [-0.05, 0) is 161 Å². The van der Waals surface area contributed by atoms with Gasteiger partial charge >= 0.3 is 17.9 Å². The molecule has 0 heterocycles. The van der Waals surface area contributed by atoms with E-state index in [9.17, 15) is 14.4 Å². The van der Waals surface area contributed by atoms with Gasteiger partial charge in [-0.1, -0.05) is 265 Å². The monoisotopic (exact) mass is 1130 g/mol. The van der Waals surface area contributed by atoms with Crippen molar-refractivity contribution in [1.29, 1.82) is 0 Å². The number of carbonyl (C=O) groups is 3. The highest BCUT2D eigenvalue weighted by atomic mass is 16.6. The average molecular weight is 1130 g/mol. The first kappa shape index (κ1) is 76.5. The lowest BCUT2D eigenvalue weighted by Crippen LogP contribution is -2.30. The average Bonchev–Trinajstić information content (AvgIpc) is 3.49. The van der Waals surface area contributed by atoms with Crippen LogP contribution in [0.4, 0.5) is 0 Å². The summed E-state index contributed by atoms with van der Waals surface area (Å²) in [5, 5.41) is 0. The van der Waals surface area contributed by atoms with Crippen LogP contribution in [0, 0.1) is 0 Å². The van der Waals surface area contributed by atoms with Gasteiger partial charge < -0.3 is 14.2 Å². The van der Waals surface area contributed by atoms with Gasteiger partial charge in [0.05, 0.1) is 6.42 Å². The van der Waals surface area contributed by atoms with Gasteiger partial charge in [-0.25, -0.2) is 0 Å². The smallest absolute Gasteiger partial charge is 0.309 e. The molecular weight excluding hydrogens is 1020 g/mol. The van der Waals surface area contributed by atoms with Crippen LogP contribution in [-0.4, -0.2) is 37.2 Å². The van der Waals surface area contributed by atoms with Crippen molar-refractivity contribution in [2.75, 3.05) is 13.2 Å². The molecule has 0 saturated carbocycles. The predicted molar refractivity (Wildman–Crippen MR) is 361 cm³/mol. The number of unbranched alkanes of at least 4 members (excludes halogenated alkanes) is 6. The van der Waals surface area contributed by atoms with Crippen LogP contribution in [0.3, 0.4) is 0 Å². The van der Waals surface area contributed by atoms with Crippen molar-refractivity contribution in [1.82, 2.24) is 0 Å². The van der Waals surface area contributed by atoms with E-state index in [-0.39, 0.29) is 44.4 Å². The number of esters is 3. The highest BCUT2D eigenvalue weighted by Gasteiger charge is 2.19. The summed E-state index contributed by atoms with van der Waals surface area (Å²) >= 11 is 0. The maximum Gasteiger partial charge on any atom is 0.309 e. The summed E-state index contributed by atoms with van der Waals surface area (Å²) in [5.74, 6) is -1.17. The Labute approximate surface area is 507 Å². The van der Waals surface area contributed by atoms with Crippen molar-refractivity contribution in [2.24, 2.45) is 0 Å². The second-order valence-corrected chi connectivity index (χ2v) is 19.8. The molecule has 1 unspecified atom stereocenters. The Morgan fingerprint density at radius 2 is 0.482 bits per heavy atom. The van der Waals surface area contributed by atoms with E-state index in [4.69, 9.17) is 14.2 Å². The zero-order valence-corrected chi connectivity index (χ0v) is 52.1. The lowest BCUT2D eigenvalue weighted by molar-refractivity contribution is -0.166. The first-order valence-electron chi connectivity index (χ1n) is 31.9. The topological polar surface area (TPSA) is 78.9 Å². The Balaban J connectivity index is 4.64. The molecule has 0 aliphatic heterocycles. The Hall–Kier alpha value is -6.53. The quantitative estimate of drug-likeness (QED) is 0.0261. The maximum absolute atomic E-state index is 12.9. The van der Waals surface area contributed by atoms with Crippen LogP contribution >= 0.6 is 0 Å². The van der Waals surface area contributed by atoms with Crippen LogP contribution in [0.25, 0.3) is 0 Å². The number of carbonyl (C=O) groups excluding carboxylic acids is 3. The van der Waals surface area contributed by atoms with Crippen molar-refractivity contribution >= 4 is 17.9 Å². The molecule has 0 aromatic rings. The fourth-order valence-electron chi connectivity index (χ4n) is 7.53. The second-order valence-electron chi connectivity index (χ2n) is 19.8. The second kappa shape index (κ2) is 68.0. The zero-order chi connectivity index (χ0) is 59.9. The zero-order valence-electron chi connectivity index (χ0n) is 52.1. The SMILES string of the molecule is CC/C=C\C/C=C\C/C=C\C/C=C\C/C=C\C/C=C\C/C=C\CCCCCC(=O)OCC(COC(=O)C/C=C\C/C=C\C/C=C\C/C=C\C/C=C\CC)OC(=O)CCCCC/C=C\C/C=C\C/C=C\C/C=C\C/C=C\C/C=C\C/C=C\CC. The van der Waals surface area contributed by atoms with Crippen molar-refractivity contribution in [3.63, 3.8) is 0 Å². The summed E-state index contributed by atoms with van der Waals surface area (Å²) in [7, 11) is 0. The molecule has 0 amide bonds. The first-order valence-corrected chi connectivity index (χ1v) is 31.9. The van der Waals surface area contributed by atoms with Crippen LogP contribution in [0.15, 0.2) is 231 Å². The van der Waals surface area contributed by atoms with Gasteiger partial charge in [0.1, 0.15) is 13.2 Å². The highest BCUT2D eigenvalue weighted by molar-refractivity contribution is 5.72. The summed E-state index contributed by atoms with van der Waals surface area (Å²) in [6.07, 6.45) is 108. The van der Waals surface area contributed by atoms with Crippen molar-refractivity contribution in [2.45, 2.75) is 219 Å². The number of allylic oxidation sites excluding steroid dienone is 37. The third-order valence-corrected chi connectivity index (χ3v) is 12.2. The van der Waals surface area contributed by atoms with Gasteiger partial charge in [-0.3, -0.25) is 14.4 Å². The van der Waals surface area contributed by atoms with Crippen molar-refractivity contribution < 1.29 is 28.6 Å². The summed E-state index contributed by atoms with van der Waals surface area (Å²) < 4.78 is 16.7. The summed E-state index contributed by atoms with van der Waals surface area (Å²) in [4.78, 5) is 38.3. The highest BCUT2D eigenvalue weighted by Crippen LogP contribution is 2.11.